The van der Waals surface area contributed by atoms with Crippen LogP contribution < -0.4 is 14.8 Å². The predicted molar refractivity (Wildman–Crippen MR) is 85.2 cm³/mol. The number of carbonyl (C=O) groups is 1. The monoisotopic (exact) mass is 293 g/mol. The van der Waals surface area contributed by atoms with Gasteiger partial charge in [0.15, 0.2) is 11.5 Å². The van der Waals surface area contributed by atoms with Gasteiger partial charge >= 0.3 is 0 Å². The molecule has 0 aliphatic heterocycles. The lowest BCUT2D eigenvalue weighted by Gasteiger charge is -2.18. The maximum Gasteiger partial charge on any atom is 0.251 e. The Morgan fingerprint density at radius 1 is 1.24 bits per heavy atom. The third-order valence-electron chi connectivity index (χ3n) is 3.54. The van der Waals surface area contributed by atoms with Gasteiger partial charge in [-0.15, -0.1) is 0 Å². The molecule has 0 aliphatic carbocycles. The molecule has 1 aromatic carbocycles. The van der Waals surface area contributed by atoms with E-state index in [-0.39, 0.29) is 11.9 Å². The Morgan fingerprint density at radius 3 is 2.52 bits per heavy atom. The van der Waals surface area contributed by atoms with Gasteiger partial charge in [-0.05, 0) is 37.5 Å². The number of unbranched alkanes of at least 4 members (excludes halogenated alkanes) is 1. The van der Waals surface area contributed by atoms with Gasteiger partial charge in [-0.2, -0.15) is 0 Å². The van der Waals surface area contributed by atoms with E-state index in [2.05, 4.69) is 26.1 Å². The summed E-state index contributed by atoms with van der Waals surface area (Å²) in [6.45, 7) is 8.93. The number of methoxy groups -OCH3 is 1. The van der Waals surface area contributed by atoms with E-state index in [0.29, 0.717) is 29.6 Å². The number of rotatable bonds is 8. The molecule has 0 bridgehead atoms. The average molecular weight is 293 g/mol. The number of hydrogen-bond acceptors (Lipinski definition) is 3. The Hall–Kier alpha value is -1.71. The first-order valence-corrected chi connectivity index (χ1v) is 7.61. The number of ether oxygens (including phenoxy) is 2. The van der Waals surface area contributed by atoms with Crippen molar-refractivity contribution >= 4 is 5.91 Å². The number of benzene rings is 1. The molecule has 1 aromatic rings. The molecule has 0 saturated carbocycles. The number of carbonyl (C=O) groups excluding carboxylic acids is 1. The van der Waals surface area contributed by atoms with E-state index in [1.165, 1.54) is 0 Å². The maximum absolute atomic E-state index is 12.2. The topological polar surface area (TPSA) is 47.6 Å². The second-order valence-electron chi connectivity index (χ2n) is 5.57. The van der Waals surface area contributed by atoms with Crippen LogP contribution in [-0.2, 0) is 0 Å². The zero-order valence-corrected chi connectivity index (χ0v) is 13.7. The minimum atomic E-state index is -0.0883. The van der Waals surface area contributed by atoms with Crippen molar-refractivity contribution in [2.24, 2.45) is 5.92 Å². The van der Waals surface area contributed by atoms with Crippen molar-refractivity contribution in [3.8, 4) is 11.5 Å². The van der Waals surface area contributed by atoms with E-state index >= 15 is 0 Å². The molecule has 0 radical (unpaired) electrons. The van der Waals surface area contributed by atoms with E-state index in [0.717, 1.165) is 12.8 Å². The molecule has 0 aromatic heterocycles. The molecule has 21 heavy (non-hydrogen) atoms. The first-order chi connectivity index (χ1) is 9.99. The Morgan fingerprint density at radius 2 is 1.95 bits per heavy atom. The first-order valence-electron chi connectivity index (χ1n) is 7.61. The van der Waals surface area contributed by atoms with Gasteiger partial charge in [0.25, 0.3) is 5.91 Å². The van der Waals surface area contributed by atoms with Crippen LogP contribution in [0.2, 0.25) is 0 Å². The Labute approximate surface area is 127 Å². The lowest BCUT2D eigenvalue weighted by molar-refractivity contribution is 0.0930. The Balaban J connectivity index is 2.78. The van der Waals surface area contributed by atoms with E-state index < -0.39 is 0 Å². The van der Waals surface area contributed by atoms with Crippen LogP contribution in [0.5, 0.6) is 11.5 Å². The highest BCUT2D eigenvalue weighted by Gasteiger charge is 2.15. The van der Waals surface area contributed by atoms with Crippen molar-refractivity contribution < 1.29 is 14.3 Å². The van der Waals surface area contributed by atoms with Gasteiger partial charge in [-0.1, -0.05) is 27.2 Å². The molecule has 1 N–H and O–H groups in total. The van der Waals surface area contributed by atoms with E-state index in [4.69, 9.17) is 9.47 Å². The molecule has 0 aliphatic rings. The van der Waals surface area contributed by atoms with E-state index in [9.17, 15) is 4.79 Å². The van der Waals surface area contributed by atoms with Crippen LogP contribution in [0.15, 0.2) is 18.2 Å². The fourth-order valence-electron chi connectivity index (χ4n) is 1.71. The summed E-state index contributed by atoms with van der Waals surface area (Å²) >= 11 is 0. The fourth-order valence-corrected chi connectivity index (χ4v) is 1.71. The molecule has 4 heteroatoms. The normalized spacial score (nSPS) is 12.1. The smallest absolute Gasteiger partial charge is 0.251 e. The number of hydrogen-bond donors (Lipinski definition) is 1. The van der Waals surface area contributed by atoms with Gasteiger partial charge < -0.3 is 14.8 Å². The largest absolute Gasteiger partial charge is 0.493 e. The highest BCUT2D eigenvalue weighted by molar-refractivity contribution is 5.95. The molecular formula is C17H27NO3. The summed E-state index contributed by atoms with van der Waals surface area (Å²) < 4.78 is 11.0. The third-order valence-corrected chi connectivity index (χ3v) is 3.54. The average Bonchev–Trinajstić information content (AvgIpc) is 2.47. The van der Waals surface area contributed by atoms with Gasteiger partial charge in [-0.25, -0.2) is 0 Å². The van der Waals surface area contributed by atoms with Crippen LogP contribution in [-0.4, -0.2) is 25.7 Å². The standard InChI is InChI=1S/C17H27NO3/c1-6-7-10-21-15-9-8-14(11-16(15)20-5)17(19)18-13(4)12(2)3/h8-9,11-13H,6-7,10H2,1-5H3,(H,18,19). The molecule has 0 fully saturated rings. The van der Waals surface area contributed by atoms with Crippen LogP contribution in [0.4, 0.5) is 0 Å². The summed E-state index contributed by atoms with van der Waals surface area (Å²) in [5.74, 6) is 1.58. The summed E-state index contributed by atoms with van der Waals surface area (Å²) in [5.41, 5.74) is 0.585. The van der Waals surface area contributed by atoms with Crippen LogP contribution in [0, 0.1) is 5.92 Å². The van der Waals surface area contributed by atoms with Crippen LogP contribution in [0.1, 0.15) is 50.9 Å². The van der Waals surface area contributed by atoms with Gasteiger partial charge in [0.1, 0.15) is 0 Å². The fraction of sp³-hybridized carbons (Fsp3) is 0.588. The highest BCUT2D eigenvalue weighted by atomic mass is 16.5. The van der Waals surface area contributed by atoms with Gasteiger partial charge in [0.2, 0.25) is 0 Å². The molecule has 1 atom stereocenters. The number of nitrogens with one attached hydrogen (secondary N) is 1. The van der Waals surface area contributed by atoms with Crippen LogP contribution >= 0.6 is 0 Å². The molecule has 4 nitrogen and oxygen atoms in total. The molecule has 1 amide bonds. The summed E-state index contributed by atoms with van der Waals surface area (Å²) in [7, 11) is 1.58. The minimum Gasteiger partial charge on any atom is -0.493 e. The Kier molecular flexibility index (Phi) is 7.06. The minimum absolute atomic E-state index is 0.0883. The predicted octanol–water partition coefficient (Wildman–Crippen LogP) is 3.65. The van der Waals surface area contributed by atoms with Crippen LogP contribution in [0.3, 0.4) is 0 Å². The molecule has 0 spiro atoms. The molecule has 0 heterocycles. The van der Waals surface area contributed by atoms with Crippen molar-refractivity contribution in [2.45, 2.75) is 46.6 Å². The molecule has 118 valence electrons. The molecule has 1 unspecified atom stereocenters. The molecular weight excluding hydrogens is 266 g/mol. The lowest BCUT2D eigenvalue weighted by Crippen LogP contribution is -2.36. The van der Waals surface area contributed by atoms with E-state index in [1.807, 2.05) is 6.92 Å². The second kappa shape index (κ2) is 8.55. The van der Waals surface area contributed by atoms with Crippen molar-refractivity contribution in [1.82, 2.24) is 5.32 Å². The molecule has 0 saturated heterocycles. The quantitative estimate of drug-likeness (QED) is 0.744. The van der Waals surface area contributed by atoms with Gasteiger partial charge in [0.05, 0.1) is 13.7 Å². The highest BCUT2D eigenvalue weighted by Crippen LogP contribution is 2.28. The van der Waals surface area contributed by atoms with Crippen molar-refractivity contribution in [1.29, 1.82) is 0 Å². The van der Waals surface area contributed by atoms with Crippen molar-refractivity contribution in [2.75, 3.05) is 13.7 Å². The second-order valence-corrected chi connectivity index (χ2v) is 5.57. The summed E-state index contributed by atoms with van der Waals surface area (Å²) in [4.78, 5) is 12.2. The van der Waals surface area contributed by atoms with Gasteiger partial charge in [0, 0.05) is 11.6 Å². The zero-order chi connectivity index (χ0) is 15.8. The first kappa shape index (κ1) is 17.3. The Bertz CT molecular complexity index is 457. The third kappa shape index (κ3) is 5.29. The van der Waals surface area contributed by atoms with Crippen molar-refractivity contribution in [3.63, 3.8) is 0 Å². The van der Waals surface area contributed by atoms with Crippen LogP contribution in [0.25, 0.3) is 0 Å². The van der Waals surface area contributed by atoms with Gasteiger partial charge in [-0.3, -0.25) is 4.79 Å². The maximum atomic E-state index is 12.2. The summed E-state index contributed by atoms with van der Waals surface area (Å²) in [6, 6.07) is 5.42. The van der Waals surface area contributed by atoms with Crippen molar-refractivity contribution in [3.05, 3.63) is 23.8 Å². The summed E-state index contributed by atoms with van der Waals surface area (Å²) in [5, 5.41) is 2.98. The molecule has 1 rings (SSSR count). The number of amides is 1. The SMILES string of the molecule is CCCCOc1ccc(C(=O)NC(C)C(C)C)cc1OC. The van der Waals surface area contributed by atoms with E-state index in [1.54, 1.807) is 25.3 Å². The summed E-state index contributed by atoms with van der Waals surface area (Å²) in [6.07, 6.45) is 2.08. The zero-order valence-electron chi connectivity index (χ0n) is 13.7. The lowest BCUT2D eigenvalue weighted by atomic mass is 10.1.